The van der Waals surface area contributed by atoms with Gasteiger partial charge >= 0.3 is 17.9 Å². The second-order valence-corrected chi connectivity index (χ2v) is 33.9. The summed E-state index contributed by atoms with van der Waals surface area (Å²) in [4.78, 5) is 85.2. The van der Waals surface area contributed by atoms with Gasteiger partial charge in [-0.15, -0.1) is 0 Å². The highest BCUT2D eigenvalue weighted by atomic mass is 79.9. The van der Waals surface area contributed by atoms with Crippen LogP contribution in [0.2, 0.25) is 0 Å². The number of rotatable bonds is 24. The molecular weight excluding hydrogens is 1680 g/mol. The third-order valence-electron chi connectivity index (χ3n) is 21.0. The number of nitrogens with zero attached hydrogens (tertiary/aromatic N) is 8. The fourth-order valence-corrected chi connectivity index (χ4v) is 16.2. The maximum Gasteiger partial charge on any atom is 0.338 e. The summed E-state index contributed by atoms with van der Waals surface area (Å²) in [6, 6.07) is 52.7. The third kappa shape index (κ3) is 24.8. The molecule has 7 N–H and O–H groups in total. The van der Waals surface area contributed by atoms with Crippen LogP contribution in [0.4, 0.5) is 0 Å². The Morgan fingerprint density at radius 2 is 0.794 bits per heavy atom. The zero-order valence-corrected chi connectivity index (χ0v) is 75.1. The molecule has 6 atom stereocenters. The second kappa shape index (κ2) is 45.4. The van der Waals surface area contributed by atoms with E-state index in [1.54, 1.807) is 50.2 Å². The number of hydrogen-bond donors (Lipinski definition) is 6. The number of likely N-dealkylation sites (tertiary alicyclic amines) is 3. The van der Waals surface area contributed by atoms with Gasteiger partial charge in [0.2, 0.25) is 29.4 Å². The Labute approximate surface area is 743 Å². The lowest BCUT2D eigenvalue weighted by molar-refractivity contribution is -0.130. The molecule has 668 valence electrons. The second-order valence-electron chi connectivity index (χ2n) is 32.1. The molecule has 3 saturated heterocycles. The Bertz CT molecular complexity index is 5130. The number of carbonyl (C=O) groups is 6. The number of β-amino-alcohol motifs (C(OH)–C–C–N with tert-alkyl or cyclic N) is 2. The predicted octanol–water partition coefficient (Wildman–Crippen LogP) is 17.1. The van der Waals surface area contributed by atoms with E-state index >= 15 is 0 Å². The van der Waals surface area contributed by atoms with Crippen molar-refractivity contribution in [3.05, 3.63) is 232 Å². The number of ether oxygens (including phenoxy) is 6. The minimum atomic E-state index is -0.920. The Hall–Kier alpha value is -12.5. The average molecular weight is 1790 g/mol. The summed E-state index contributed by atoms with van der Waals surface area (Å²) in [5.41, 5.74) is 18.3. The van der Waals surface area contributed by atoms with Crippen molar-refractivity contribution in [1.29, 1.82) is 0 Å². The van der Waals surface area contributed by atoms with E-state index in [-0.39, 0.29) is 114 Å². The molecule has 10 aromatic rings. The van der Waals surface area contributed by atoms with Crippen LogP contribution in [0.25, 0.3) is 45.7 Å². The van der Waals surface area contributed by atoms with Gasteiger partial charge in [-0.1, -0.05) is 107 Å². The number of hydrogen-bond acceptors (Lipinski definition) is 23. The Balaban J connectivity index is 0.000000163. The number of amidine groups is 1. The Morgan fingerprint density at radius 3 is 1.13 bits per heavy atom. The number of aromatic nitrogens is 4. The molecule has 16 rings (SSSR count). The smallest absolute Gasteiger partial charge is 0.338 e. The third-order valence-corrected chi connectivity index (χ3v) is 21.0. The molecule has 3 fully saturated rings. The van der Waals surface area contributed by atoms with Crippen molar-refractivity contribution in [3.8, 4) is 74.4 Å². The summed E-state index contributed by atoms with van der Waals surface area (Å²) in [6.45, 7) is 27.7. The van der Waals surface area contributed by atoms with Crippen molar-refractivity contribution in [1.82, 2.24) is 35.0 Å². The summed E-state index contributed by atoms with van der Waals surface area (Å²) in [7, 11) is 0. The number of esters is 2. The lowest BCUT2D eigenvalue weighted by Crippen LogP contribution is -2.30. The highest BCUT2D eigenvalue weighted by Gasteiger charge is 2.49. The van der Waals surface area contributed by atoms with E-state index in [1.165, 1.54) is 53.1 Å². The molecule has 0 saturated carbocycles. The van der Waals surface area contributed by atoms with Gasteiger partial charge in [0.15, 0.2) is 5.84 Å². The molecule has 6 aliphatic rings. The maximum absolute atomic E-state index is 12.4. The van der Waals surface area contributed by atoms with Crippen LogP contribution in [0.5, 0.6) is 28.7 Å². The Morgan fingerprint density at radius 1 is 0.468 bits per heavy atom. The molecule has 0 spiro atoms. The molecule has 3 aliphatic carbocycles. The summed E-state index contributed by atoms with van der Waals surface area (Å²) < 4.78 is 42.9. The number of fused-ring (bicyclic) bond motifs is 9. The number of alkyl halides is 1. The van der Waals surface area contributed by atoms with Crippen LogP contribution < -0.4 is 24.7 Å². The van der Waals surface area contributed by atoms with E-state index in [0.717, 1.165) is 94.0 Å². The van der Waals surface area contributed by atoms with Crippen LogP contribution in [0.15, 0.2) is 190 Å². The molecule has 3 aliphatic heterocycles. The summed E-state index contributed by atoms with van der Waals surface area (Å²) in [5.74, 6) is 5.06. The molecule has 0 bridgehead atoms. The van der Waals surface area contributed by atoms with Gasteiger partial charge in [-0.2, -0.15) is 9.97 Å². The van der Waals surface area contributed by atoms with Gasteiger partial charge in [0.05, 0.1) is 85.7 Å². The molecule has 3 amide bonds. The van der Waals surface area contributed by atoms with Crippen molar-refractivity contribution in [2.24, 2.45) is 28.6 Å². The quantitative estimate of drug-likeness (QED) is 0.00817. The molecule has 0 radical (unpaired) electrons. The van der Waals surface area contributed by atoms with E-state index < -0.39 is 5.97 Å². The number of carbonyl (C=O) groups excluding carboxylic acids is 5. The topological polar surface area (TPSA) is 385 Å². The van der Waals surface area contributed by atoms with Crippen LogP contribution in [0.1, 0.15) is 204 Å². The van der Waals surface area contributed by atoms with Gasteiger partial charge in [-0.3, -0.25) is 14.4 Å². The fourth-order valence-electron chi connectivity index (χ4n) is 16.2. The molecule has 5 heterocycles. The van der Waals surface area contributed by atoms with E-state index in [2.05, 4.69) is 80.3 Å². The number of aromatic hydroxyl groups is 1. The standard InChI is InChI=1S/2C24H25N3O4.C15H19N3O2.C12H16O3.C10H12O3.C9H10O3.C3H7Br/c2*1-14(2)30-17-8-6-15(7-9-17)24-25-23(26-31-24)19-5-3-4-18-20(19)12-16-13-21(29)27(10-11-28)22(16)18;1-2-6-18-13(19)8-9-7-12-10(14(9)18)4-3-5-11(12)15(16)17-20;1-4-14-12(13)10-5-7-11(8-6-10)15-9(2)3;1-7(2)13-9-5-3-8(4-6-9)10(11)12;1-2-12-9(11)7-3-5-8(10)6-4-7;1-3(2)4/h2*3-9,14,16,22,28H,10-13H2,1-2H3;3-5,9,14,20H,2,6-8H2,1H3,(H2,16,17);5-9H,4H2,1-3H3;3-7H,1-2H3,(H,11,12);3-6,10H,2H2,1H3;3H,1-2H3. The largest absolute Gasteiger partial charge is 0.508 e. The zero-order valence-electron chi connectivity index (χ0n) is 73.5. The van der Waals surface area contributed by atoms with Crippen LogP contribution in [-0.2, 0) is 43.1 Å². The number of aliphatic hydroxyl groups is 2. The number of aliphatic hydroxyl groups excluding tert-OH is 2. The number of nitrogens with two attached hydrogens (primary N) is 1. The lowest BCUT2D eigenvalue weighted by atomic mass is 10.0. The first-order chi connectivity index (χ1) is 60.5. The number of halogens is 1. The number of phenolic OH excluding ortho intramolecular Hbond substituents is 1. The zero-order chi connectivity index (χ0) is 91.0. The molecule has 126 heavy (non-hydrogen) atoms. The molecule has 2 aromatic heterocycles. The fraction of sp³-hybridized carbons (Fsp3) is 0.392. The van der Waals surface area contributed by atoms with E-state index in [1.807, 2.05) is 155 Å². The molecule has 29 heteroatoms. The van der Waals surface area contributed by atoms with Crippen LogP contribution in [0, 0.1) is 17.8 Å². The SMILES string of the molecule is CC(C)Br.CC(C)Oc1ccc(-c2nc(-c3cccc4c3CC3CC(=O)N(CCO)C43)no2)cc1.CC(C)Oc1ccc(-c2nc(-c3cccc4c3CC3CC(=O)N(CCO)C43)no2)cc1.CC(C)Oc1ccc(C(=O)O)cc1.CCCN1C(=O)CC2Cc3c(/C(N)=N/O)cccc3C21.CCOC(=O)c1ccc(O)cc1.CCOC(=O)c1ccc(OC(C)C)cc1. The van der Waals surface area contributed by atoms with E-state index in [4.69, 9.17) is 58.6 Å². The number of amides is 3. The van der Waals surface area contributed by atoms with E-state index in [9.17, 15) is 39.0 Å². The first-order valence-electron chi connectivity index (χ1n) is 42.7. The number of benzene rings is 8. The average Bonchev–Trinajstić information content (AvgIpc) is 1.62. The van der Waals surface area contributed by atoms with Crippen molar-refractivity contribution in [2.75, 3.05) is 46.1 Å². The number of aromatic carboxylic acids is 1. The van der Waals surface area contributed by atoms with Gasteiger partial charge in [0, 0.05) is 71.5 Å². The minimum absolute atomic E-state index is 0.0227. The van der Waals surface area contributed by atoms with Crippen molar-refractivity contribution in [2.45, 2.75) is 182 Å². The van der Waals surface area contributed by atoms with Crippen LogP contribution in [-0.4, -0.2) is 177 Å². The predicted molar refractivity (Wildman–Crippen MR) is 480 cm³/mol. The summed E-state index contributed by atoms with van der Waals surface area (Å²) in [6.07, 6.45) is 5.51. The van der Waals surface area contributed by atoms with Gasteiger partial charge < -0.3 is 83.5 Å². The number of phenols is 1. The van der Waals surface area contributed by atoms with Gasteiger partial charge in [-0.25, -0.2) is 14.4 Å². The monoisotopic (exact) mass is 1790 g/mol. The molecule has 6 unspecified atom stereocenters. The van der Waals surface area contributed by atoms with E-state index in [0.29, 0.717) is 96.6 Å². The highest BCUT2D eigenvalue weighted by Crippen LogP contribution is 2.52. The van der Waals surface area contributed by atoms with Gasteiger partial charge in [0.1, 0.15) is 28.7 Å². The number of carboxylic acid groups (broad SMARTS) is 1. The number of carboxylic acids is 1. The minimum Gasteiger partial charge on any atom is -0.508 e. The van der Waals surface area contributed by atoms with Crippen LogP contribution in [0.3, 0.4) is 0 Å². The number of oxime groups is 1. The first kappa shape index (κ1) is 95.8. The highest BCUT2D eigenvalue weighted by molar-refractivity contribution is 9.09. The summed E-state index contributed by atoms with van der Waals surface area (Å²) in [5, 5.41) is 56.8. The Kier molecular flexibility index (Phi) is 34.5. The van der Waals surface area contributed by atoms with Crippen molar-refractivity contribution < 1.29 is 91.9 Å². The normalized spacial score (nSPS) is 17.1. The molecule has 28 nitrogen and oxygen atoms in total. The van der Waals surface area contributed by atoms with Crippen LogP contribution >= 0.6 is 15.9 Å². The molecule has 8 aromatic carbocycles. The lowest BCUT2D eigenvalue weighted by Gasteiger charge is -2.24. The van der Waals surface area contributed by atoms with Crippen molar-refractivity contribution >= 4 is 57.4 Å². The summed E-state index contributed by atoms with van der Waals surface area (Å²) >= 11 is 3.27. The van der Waals surface area contributed by atoms with Gasteiger partial charge in [0.25, 0.3) is 11.8 Å². The van der Waals surface area contributed by atoms with Crippen molar-refractivity contribution in [3.63, 3.8) is 0 Å². The van der Waals surface area contributed by atoms with Gasteiger partial charge in [-0.05, 0) is 267 Å². The first-order valence-corrected chi connectivity index (χ1v) is 43.6. The maximum atomic E-state index is 12.4. The molecular formula is C97H114BrN9O19.